The van der Waals surface area contributed by atoms with Crippen LogP contribution >= 0.6 is 23.2 Å². The summed E-state index contributed by atoms with van der Waals surface area (Å²) in [6.07, 6.45) is 3.12. The van der Waals surface area contributed by atoms with Crippen LogP contribution in [0.2, 0.25) is 10.2 Å². The quantitative estimate of drug-likeness (QED) is 0.877. The van der Waals surface area contributed by atoms with Crippen molar-refractivity contribution in [2.75, 3.05) is 0 Å². The number of aromatic nitrogens is 2. The third kappa shape index (κ3) is 4.09. The second kappa shape index (κ2) is 6.78. The van der Waals surface area contributed by atoms with Gasteiger partial charge in [-0.15, -0.1) is 0 Å². The molecule has 1 N–H and O–H groups in total. The highest BCUT2D eigenvalue weighted by molar-refractivity contribution is 6.31. The Balaban J connectivity index is 1.95. The highest BCUT2D eigenvalue weighted by Gasteiger charge is 2.08. The van der Waals surface area contributed by atoms with Crippen LogP contribution < -0.4 is 5.32 Å². The van der Waals surface area contributed by atoms with Crippen molar-refractivity contribution in [3.05, 3.63) is 57.3 Å². The van der Waals surface area contributed by atoms with Gasteiger partial charge in [-0.1, -0.05) is 35.3 Å². The summed E-state index contributed by atoms with van der Waals surface area (Å²) in [6, 6.07) is 7.32. The monoisotopic (exact) mass is 323 g/mol. The number of nitrogens with zero attached hydrogens (tertiary/aromatic N) is 2. The largest absolute Gasteiger partial charge is 0.348 e. The summed E-state index contributed by atoms with van der Waals surface area (Å²) in [4.78, 5) is 11.8. The van der Waals surface area contributed by atoms with Crippen molar-refractivity contribution in [3.63, 3.8) is 0 Å². The van der Waals surface area contributed by atoms with Crippen molar-refractivity contribution in [2.24, 2.45) is 7.05 Å². The Morgan fingerprint density at radius 2 is 2.00 bits per heavy atom. The fourth-order valence-electron chi connectivity index (χ4n) is 1.85. The number of nitrogens with one attached hydrogen (secondary N) is 1. The van der Waals surface area contributed by atoms with Gasteiger partial charge in [0.25, 0.3) is 0 Å². The summed E-state index contributed by atoms with van der Waals surface area (Å²) in [5.74, 6) is -0.190. The van der Waals surface area contributed by atoms with Crippen LogP contribution in [-0.4, -0.2) is 15.7 Å². The van der Waals surface area contributed by atoms with E-state index in [4.69, 9.17) is 23.2 Å². The van der Waals surface area contributed by atoms with Crippen molar-refractivity contribution in [2.45, 2.75) is 13.5 Å². The molecule has 1 aromatic heterocycles. The molecule has 21 heavy (non-hydrogen) atoms. The molecule has 0 bridgehead atoms. The van der Waals surface area contributed by atoms with Gasteiger partial charge in [0.05, 0.1) is 5.69 Å². The molecule has 0 saturated heterocycles. The van der Waals surface area contributed by atoms with Gasteiger partial charge in [0.1, 0.15) is 5.15 Å². The predicted molar refractivity (Wildman–Crippen MR) is 85.3 cm³/mol. The summed E-state index contributed by atoms with van der Waals surface area (Å²) in [5, 5.41) is 8.16. The normalized spacial score (nSPS) is 11.0. The van der Waals surface area contributed by atoms with Crippen molar-refractivity contribution in [3.8, 4) is 0 Å². The molecule has 1 amide bonds. The van der Waals surface area contributed by atoms with E-state index in [1.165, 1.54) is 6.08 Å². The number of carbonyl (C=O) groups excluding carboxylic acids is 1. The number of amides is 1. The van der Waals surface area contributed by atoms with E-state index in [0.717, 1.165) is 16.8 Å². The standard InChI is InChI=1S/C15H15Cl2N3O/c1-10-13(15(17)20(2)19-10)7-8-14(21)18-9-11-3-5-12(16)6-4-11/h3-8H,9H2,1-2H3,(H,18,21)/b8-7+. The van der Waals surface area contributed by atoms with Crippen molar-refractivity contribution >= 4 is 35.2 Å². The lowest BCUT2D eigenvalue weighted by Crippen LogP contribution is -2.20. The summed E-state index contributed by atoms with van der Waals surface area (Å²) < 4.78 is 1.57. The van der Waals surface area contributed by atoms with E-state index in [9.17, 15) is 4.79 Å². The third-order valence-corrected chi connectivity index (χ3v) is 3.68. The first-order valence-electron chi connectivity index (χ1n) is 6.37. The predicted octanol–water partition coefficient (Wildman–Crippen LogP) is 3.36. The summed E-state index contributed by atoms with van der Waals surface area (Å²) in [6.45, 7) is 2.29. The topological polar surface area (TPSA) is 46.9 Å². The number of aryl methyl sites for hydroxylation is 2. The average Bonchev–Trinajstić information content (AvgIpc) is 2.69. The van der Waals surface area contributed by atoms with E-state index < -0.39 is 0 Å². The van der Waals surface area contributed by atoms with Crippen LogP contribution in [0.5, 0.6) is 0 Å². The first-order valence-corrected chi connectivity index (χ1v) is 7.12. The van der Waals surface area contributed by atoms with Crippen LogP contribution in [0.25, 0.3) is 6.08 Å². The van der Waals surface area contributed by atoms with Crippen LogP contribution in [0.1, 0.15) is 16.8 Å². The molecule has 2 aromatic rings. The minimum atomic E-state index is -0.190. The molecule has 6 heteroatoms. The number of hydrogen-bond acceptors (Lipinski definition) is 2. The molecule has 0 atom stereocenters. The number of benzene rings is 1. The highest BCUT2D eigenvalue weighted by atomic mass is 35.5. The lowest BCUT2D eigenvalue weighted by molar-refractivity contribution is -0.116. The maximum absolute atomic E-state index is 11.8. The van der Waals surface area contributed by atoms with Gasteiger partial charge in [-0.05, 0) is 30.7 Å². The van der Waals surface area contributed by atoms with Gasteiger partial charge in [0.2, 0.25) is 5.91 Å². The Bertz CT molecular complexity index is 675. The Kier molecular flexibility index (Phi) is 5.04. The smallest absolute Gasteiger partial charge is 0.244 e. The van der Waals surface area contributed by atoms with E-state index >= 15 is 0 Å². The van der Waals surface area contributed by atoms with E-state index in [2.05, 4.69) is 10.4 Å². The summed E-state index contributed by atoms with van der Waals surface area (Å²) in [5.41, 5.74) is 2.52. The van der Waals surface area contributed by atoms with E-state index in [1.807, 2.05) is 19.1 Å². The zero-order valence-corrected chi connectivity index (χ0v) is 13.2. The molecule has 0 spiro atoms. The molecule has 0 saturated carbocycles. The zero-order chi connectivity index (χ0) is 15.4. The molecule has 0 aliphatic carbocycles. The molecule has 0 aliphatic rings. The molecule has 110 valence electrons. The Hall–Kier alpha value is -1.78. The van der Waals surface area contributed by atoms with Crippen molar-refractivity contribution < 1.29 is 4.79 Å². The van der Waals surface area contributed by atoms with Gasteiger partial charge in [-0.25, -0.2) is 0 Å². The van der Waals surface area contributed by atoms with Crippen molar-refractivity contribution in [1.29, 1.82) is 0 Å². The number of halogens is 2. The molecular formula is C15H15Cl2N3O. The Morgan fingerprint density at radius 3 is 2.57 bits per heavy atom. The molecule has 0 unspecified atom stereocenters. The van der Waals surface area contributed by atoms with Gasteiger partial charge in [0, 0.05) is 30.3 Å². The highest BCUT2D eigenvalue weighted by Crippen LogP contribution is 2.19. The minimum Gasteiger partial charge on any atom is -0.348 e. The van der Waals surface area contributed by atoms with Crippen LogP contribution in [-0.2, 0) is 18.4 Å². The Labute approximate surface area is 133 Å². The minimum absolute atomic E-state index is 0.190. The first-order chi connectivity index (χ1) is 9.97. The first kappa shape index (κ1) is 15.6. The van der Waals surface area contributed by atoms with Crippen molar-refractivity contribution in [1.82, 2.24) is 15.1 Å². The number of hydrogen-bond donors (Lipinski definition) is 1. The van der Waals surface area contributed by atoms with Crippen LogP contribution in [0.15, 0.2) is 30.3 Å². The third-order valence-electron chi connectivity index (χ3n) is 2.98. The van der Waals surface area contributed by atoms with Gasteiger partial charge in [0.15, 0.2) is 0 Å². The van der Waals surface area contributed by atoms with Gasteiger partial charge < -0.3 is 5.32 Å². The maximum atomic E-state index is 11.8. The SMILES string of the molecule is Cc1nn(C)c(Cl)c1/C=C/C(=O)NCc1ccc(Cl)cc1. The zero-order valence-electron chi connectivity index (χ0n) is 11.7. The lowest BCUT2D eigenvalue weighted by Gasteiger charge is -2.02. The molecule has 0 radical (unpaired) electrons. The molecule has 4 nitrogen and oxygen atoms in total. The fraction of sp³-hybridized carbons (Fsp3) is 0.200. The molecule has 0 aliphatic heterocycles. The van der Waals surface area contributed by atoms with Gasteiger partial charge in [-0.2, -0.15) is 5.10 Å². The molecule has 0 fully saturated rings. The average molecular weight is 324 g/mol. The van der Waals surface area contributed by atoms with E-state index in [-0.39, 0.29) is 5.91 Å². The summed E-state index contributed by atoms with van der Waals surface area (Å²) >= 11 is 11.9. The lowest BCUT2D eigenvalue weighted by atomic mass is 10.2. The van der Waals surface area contributed by atoms with Gasteiger partial charge in [-0.3, -0.25) is 9.48 Å². The fourth-order valence-corrected chi connectivity index (χ4v) is 2.21. The Morgan fingerprint density at radius 1 is 1.33 bits per heavy atom. The maximum Gasteiger partial charge on any atom is 0.244 e. The molecule has 2 rings (SSSR count). The van der Waals surface area contributed by atoms with Crippen LogP contribution in [0.4, 0.5) is 0 Å². The summed E-state index contributed by atoms with van der Waals surface area (Å²) in [7, 11) is 1.76. The van der Waals surface area contributed by atoms with Crippen LogP contribution in [0.3, 0.4) is 0 Å². The number of carbonyl (C=O) groups is 1. The molecule has 1 heterocycles. The van der Waals surface area contributed by atoms with Gasteiger partial charge >= 0.3 is 0 Å². The molecular weight excluding hydrogens is 309 g/mol. The van der Waals surface area contributed by atoms with Crippen LogP contribution in [0, 0.1) is 6.92 Å². The molecule has 1 aromatic carbocycles. The number of rotatable bonds is 4. The van der Waals surface area contributed by atoms with E-state index in [0.29, 0.717) is 16.7 Å². The second-order valence-electron chi connectivity index (χ2n) is 4.59. The second-order valence-corrected chi connectivity index (χ2v) is 5.39. The van der Waals surface area contributed by atoms with E-state index in [1.54, 1.807) is 29.9 Å².